The molecule has 1 amide bonds. The van der Waals surface area contributed by atoms with Crippen molar-refractivity contribution in [1.82, 2.24) is 4.98 Å². The normalized spacial score (nSPS) is 23.2. The van der Waals surface area contributed by atoms with Gasteiger partial charge < -0.3 is 4.74 Å². The molecule has 17 heavy (non-hydrogen) atoms. The van der Waals surface area contributed by atoms with Crippen molar-refractivity contribution >= 4 is 34.3 Å². The molecule has 1 aromatic heterocycles. The number of methoxy groups -OCH3 is 1. The summed E-state index contributed by atoms with van der Waals surface area (Å²) in [5, 5.41) is 0. The molecular formula is C12H15IN2O2. The van der Waals surface area contributed by atoms with E-state index in [1.54, 1.807) is 18.2 Å². The van der Waals surface area contributed by atoms with E-state index in [-0.39, 0.29) is 17.4 Å². The topological polar surface area (TPSA) is 42.4 Å². The summed E-state index contributed by atoms with van der Waals surface area (Å²) in [6.45, 7) is 4.70. The second-order valence-electron chi connectivity index (χ2n) is 4.86. The summed E-state index contributed by atoms with van der Waals surface area (Å²) in [7, 11) is 1.58. The van der Waals surface area contributed by atoms with Crippen molar-refractivity contribution < 1.29 is 9.53 Å². The Morgan fingerprint density at radius 3 is 2.71 bits per heavy atom. The van der Waals surface area contributed by atoms with Crippen LogP contribution in [0, 0.1) is 8.99 Å². The van der Waals surface area contributed by atoms with Gasteiger partial charge in [-0.05, 0) is 34.7 Å². The van der Waals surface area contributed by atoms with Gasteiger partial charge in [0.15, 0.2) is 0 Å². The highest BCUT2D eigenvalue weighted by Crippen LogP contribution is 2.34. The molecule has 1 aliphatic heterocycles. The predicted molar refractivity (Wildman–Crippen MR) is 73.9 cm³/mol. The lowest BCUT2D eigenvalue weighted by Gasteiger charge is -2.21. The second-order valence-corrected chi connectivity index (χ2v) is 6.11. The monoisotopic (exact) mass is 346 g/mol. The third kappa shape index (κ3) is 2.30. The minimum absolute atomic E-state index is 0.00814. The Hall–Kier alpha value is -0.690. The van der Waals surface area contributed by atoms with E-state index in [1.807, 2.05) is 26.0 Å². The molecular weight excluding hydrogens is 331 g/mol. The molecule has 1 atom stereocenters. The first-order chi connectivity index (χ1) is 7.95. The average Bonchev–Trinajstić information content (AvgIpc) is 2.50. The number of nitrogens with zero attached hydrogens (tertiary/aromatic N) is 2. The Kier molecular flexibility index (Phi) is 3.40. The third-order valence-corrected chi connectivity index (χ3v) is 3.63. The number of hydrogen-bond donors (Lipinski definition) is 0. The van der Waals surface area contributed by atoms with E-state index >= 15 is 0 Å². The highest BCUT2D eigenvalue weighted by Gasteiger charge is 2.47. The predicted octanol–water partition coefficient (Wildman–Crippen LogP) is 2.07. The maximum Gasteiger partial charge on any atom is 0.257 e. The van der Waals surface area contributed by atoms with Crippen LogP contribution in [-0.4, -0.2) is 30.6 Å². The minimum Gasteiger partial charge on any atom is -0.371 e. The van der Waals surface area contributed by atoms with Crippen LogP contribution in [-0.2, 0) is 9.53 Å². The first-order valence-electron chi connectivity index (χ1n) is 5.41. The van der Waals surface area contributed by atoms with Crippen molar-refractivity contribution in [1.29, 1.82) is 0 Å². The van der Waals surface area contributed by atoms with Crippen LogP contribution < -0.4 is 4.90 Å². The highest BCUT2D eigenvalue weighted by molar-refractivity contribution is 14.1. The maximum absolute atomic E-state index is 12.2. The molecule has 0 aliphatic carbocycles. The first kappa shape index (κ1) is 12.8. The van der Waals surface area contributed by atoms with Crippen molar-refractivity contribution in [3.63, 3.8) is 0 Å². The quantitative estimate of drug-likeness (QED) is 0.770. The van der Waals surface area contributed by atoms with Gasteiger partial charge in [0.1, 0.15) is 11.9 Å². The van der Waals surface area contributed by atoms with Gasteiger partial charge in [-0.15, -0.1) is 0 Å². The summed E-state index contributed by atoms with van der Waals surface area (Å²) in [6, 6.07) is 3.82. The van der Waals surface area contributed by atoms with E-state index < -0.39 is 0 Å². The molecule has 1 aliphatic rings. The largest absolute Gasteiger partial charge is 0.371 e. The number of amides is 1. The number of aromatic nitrogens is 1. The van der Waals surface area contributed by atoms with E-state index in [0.717, 1.165) is 3.57 Å². The SMILES string of the molecule is CO[C@@H]1C(=O)N(c2ccc(I)cn2)CC1(C)C. The number of carbonyl (C=O) groups excluding carboxylic acids is 1. The fourth-order valence-corrected chi connectivity index (χ4v) is 2.50. The summed E-state index contributed by atoms with van der Waals surface area (Å²) >= 11 is 2.19. The van der Waals surface area contributed by atoms with Crippen molar-refractivity contribution in [2.24, 2.45) is 5.41 Å². The lowest BCUT2D eigenvalue weighted by molar-refractivity contribution is -0.128. The van der Waals surface area contributed by atoms with E-state index in [1.165, 1.54) is 0 Å². The van der Waals surface area contributed by atoms with Gasteiger partial charge in [-0.1, -0.05) is 13.8 Å². The number of hydrogen-bond acceptors (Lipinski definition) is 3. The Balaban J connectivity index is 2.30. The standard InChI is InChI=1S/C12H15IN2O2/c1-12(2)7-15(11(16)10(12)17-3)9-5-4-8(13)6-14-9/h4-6,10H,7H2,1-3H3/t10-/m1/s1. The van der Waals surface area contributed by atoms with Crippen LogP contribution >= 0.6 is 22.6 Å². The van der Waals surface area contributed by atoms with Crippen molar-refractivity contribution in [2.45, 2.75) is 20.0 Å². The second kappa shape index (κ2) is 4.53. The maximum atomic E-state index is 12.2. The van der Waals surface area contributed by atoms with Gasteiger partial charge in [-0.25, -0.2) is 4.98 Å². The first-order valence-corrected chi connectivity index (χ1v) is 6.49. The molecule has 0 spiro atoms. The van der Waals surface area contributed by atoms with Gasteiger partial charge in [-0.3, -0.25) is 9.69 Å². The van der Waals surface area contributed by atoms with Gasteiger partial charge in [0, 0.05) is 28.8 Å². The summed E-state index contributed by atoms with van der Waals surface area (Å²) in [6.07, 6.45) is 1.37. The van der Waals surface area contributed by atoms with Gasteiger partial charge in [0.25, 0.3) is 5.91 Å². The number of carbonyl (C=O) groups is 1. The molecule has 0 bridgehead atoms. The van der Waals surface area contributed by atoms with Crippen LogP contribution in [0.3, 0.4) is 0 Å². The average molecular weight is 346 g/mol. The third-order valence-electron chi connectivity index (χ3n) is 2.99. The van der Waals surface area contributed by atoms with Crippen LogP contribution in [0.5, 0.6) is 0 Å². The highest BCUT2D eigenvalue weighted by atomic mass is 127. The number of halogens is 1. The van der Waals surface area contributed by atoms with Crippen LogP contribution in [0.15, 0.2) is 18.3 Å². The van der Waals surface area contributed by atoms with Gasteiger partial charge in [0.2, 0.25) is 0 Å². The number of anilines is 1. The molecule has 0 N–H and O–H groups in total. The molecule has 2 heterocycles. The summed E-state index contributed by atoms with van der Waals surface area (Å²) in [5.41, 5.74) is -0.184. The zero-order valence-corrected chi connectivity index (χ0v) is 12.3. The molecule has 1 fully saturated rings. The molecule has 0 radical (unpaired) electrons. The summed E-state index contributed by atoms with van der Waals surface area (Å²) in [4.78, 5) is 18.2. The van der Waals surface area contributed by atoms with Crippen LogP contribution in [0.2, 0.25) is 0 Å². The minimum atomic E-state index is -0.386. The number of ether oxygens (including phenoxy) is 1. The van der Waals surface area contributed by atoms with E-state index in [9.17, 15) is 4.79 Å². The summed E-state index contributed by atoms with van der Waals surface area (Å²) in [5.74, 6) is 0.689. The van der Waals surface area contributed by atoms with Crippen molar-refractivity contribution in [3.8, 4) is 0 Å². The van der Waals surface area contributed by atoms with Gasteiger partial charge in [-0.2, -0.15) is 0 Å². The molecule has 0 aromatic carbocycles. The molecule has 0 unspecified atom stereocenters. The molecule has 1 saturated heterocycles. The fraction of sp³-hybridized carbons (Fsp3) is 0.500. The van der Waals surface area contributed by atoms with E-state index in [0.29, 0.717) is 12.4 Å². The number of pyridine rings is 1. The van der Waals surface area contributed by atoms with E-state index in [4.69, 9.17) is 4.74 Å². The Morgan fingerprint density at radius 1 is 1.53 bits per heavy atom. The lowest BCUT2D eigenvalue weighted by atomic mass is 9.90. The van der Waals surface area contributed by atoms with Crippen LogP contribution in [0.25, 0.3) is 0 Å². The fourth-order valence-electron chi connectivity index (χ4n) is 2.19. The molecule has 1 aromatic rings. The zero-order chi connectivity index (χ0) is 12.6. The smallest absolute Gasteiger partial charge is 0.257 e. The Morgan fingerprint density at radius 2 is 2.24 bits per heavy atom. The summed E-state index contributed by atoms with van der Waals surface area (Å²) < 4.78 is 6.35. The molecule has 5 heteroatoms. The Bertz CT molecular complexity index is 431. The number of rotatable bonds is 2. The Labute approximate surface area is 114 Å². The lowest BCUT2D eigenvalue weighted by Crippen LogP contribution is -2.33. The molecule has 92 valence electrons. The molecule has 0 saturated carbocycles. The van der Waals surface area contributed by atoms with Crippen LogP contribution in [0.4, 0.5) is 5.82 Å². The molecule has 4 nitrogen and oxygen atoms in total. The van der Waals surface area contributed by atoms with Gasteiger partial charge in [0.05, 0.1) is 0 Å². The van der Waals surface area contributed by atoms with E-state index in [2.05, 4.69) is 27.6 Å². The zero-order valence-electron chi connectivity index (χ0n) is 10.1. The van der Waals surface area contributed by atoms with Crippen LogP contribution in [0.1, 0.15) is 13.8 Å². The molecule has 2 rings (SSSR count). The van der Waals surface area contributed by atoms with Crippen molar-refractivity contribution in [2.75, 3.05) is 18.6 Å². The van der Waals surface area contributed by atoms with Crippen molar-refractivity contribution in [3.05, 3.63) is 21.9 Å². The van der Waals surface area contributed by atoms with Gasteiger partial charge >= 0.3 is 0 Å².